The molecule has 262 valence electrons. The minimum atomic E-state index is -0.223. The van der Waals surface area contributed by atoms with E-state index in [1.165, 1.54) is 54.6 Å². The van der Waals surface area contributed by atoms with Crippen LogP contribution in [0.15, 0.2) is 182 Å². The third kappa shape index (κ3) is 5.65. The number of nitrogens with zero attached hydrogens (tertiary/aromatic N) is 2. The molecule has 0 fully saturated rings. The maximum Gasteiger partial charge on any atom is 0.295 e. The van der Waals surface area contributed by atoms with Gasteiger partial charge in [0.2, 0.25) is 0 Å². The summed E-state index contributed by atoms with van der Waals surface area (Å²) in [5, 5.41) is 2.45. The topological polar surface area (TPSA) is 8.81 Å². The van der Waals surface area contributed by atoms with E-state index in [9.17, 15) is 4.39 Å². The highest BCUT2D eigenvalue weighted by Gasteiger charge is 2.32. The molecular formula is C51H36FN2S+. The molecule has 0 saturated carbocycles. The Balaban J connectivity index is 1.28. The highest BCUT2D eigenvalue weighted by molar-refractivity contribution is 7.25. The van der Waals surface area contributed by atoms with Gasteiger partial charge in [0.1, 0.15) is 11.5 Å². The molecule has 0 aliphatic heterocycles. The number of benzene rings is 8. The highest BCUT2D eigenvalue weighted by Crippen LogP contribution is 2.45. The maximum absolute atomic E-state index is 13.7. The number of para-hydroxylation sites is 2. The Morgan fingerprint density at radius 1 is 0.473 bits per heavy atom. The molecule has 0 N–H and O–H groups in total. The molecule has 0 bridgehead atoms. The van der Waals surface area contributed by atoms with Crippen LogP contribution >= 0.6 is 11.3 Å². The van der Waals surface area contributed by atoms with Gasteiger partial charge in [-0.2, -0.15) is 4.57 Å². The van der Waals surface area contributed by atoms with E-state index in [-0.39, 0.29) is 5.82 Å². The summed E-state index contributed by atoms with van der Waals surface area (Å²) in [6.07, 6.45) is 0. The lowest BCUT2D eigenvalue weighted by atomic mass is 9.90. The Labute approximate surface area is 323 Å². The fourth-order valence-corrected chi connectivity index (χ4v) is 9.40. The molecule has 0 aliphatic rings. The second-order valence-electron chi connectivity index (χ2n) is 14.2. The van der Waals surface area contributed by atoms with Crippen molar-refractivity contribution in [1.29, 1.82) is 0 Å². The van der Waals surface area contributed by atoms with E-state index in [4.69, 9.17) is 0 Å². The van der Waals surface area contributed by atoms with E-state index < -0.39 is 0 Å². The fourth-order valence-electron chi connectivity index (χ4n) is 8.18. The van der Waals surface area contributed by atoms with Crippen LogP contribution in [-0.4, -0.2) is 4.57 Å². The summed E-state index contributed by atoms with van der Waals surface area (Å²) in [5.41, 5.74) is 14.9. The lowest BCUT2D eigenvalue weighted by molar-refractivity contribution is -0.633. The average Bonchev–Trinajstić information content (AvgIpc) is 3.74. The summed E-state index contributed by atoms with van der Waals surface area (Å²) in [6, 6.07) is 63.9. The van der Waals surface area contributed by atoms with Crippen LogP contribution < -0.4 is 4.57 Å². The molecule has 0 unspecified atom stereocenters. The average molecular weight is 728 g/mol. The predicted molar refractivity (Wildman–Crippen MR) is 229 cm³/mol. The van der Waals surface area contributed by atoms with Crippen LogP contribution in [0.5, 0.6) is 0 Å². The van der Waals surface area contributed by atoms with Crippen molar-refractivity contribution in [3.05, 3.63) is 193 Å². The Kier molecular flexibility index (Phi) is 8.01. The number of hydrogen-bond acceptors (Lipinski definition) is 1. The number of thiophene rings is 1. The molecule has 55 heavy (non-hydrogen) atoms. The molecule has 0 spiro atoms. The second-order valence-corrected chi connectivity index (χ2v) is 15.3. The fraction of sp³-hybridized carbons (Fsp3) is 0.0392. The summed E-state index contributed by atoms with van der Waals surface area (Å²) in [6.45, 7) is 2.24. The van der Waals surface area contributed by atoms with Crippen LogP contribution in [0, 0.1) is 12.7 Å². The molecule has 0 amide bonds. The number of imidazole rings is 1. The van der Waals surface area contributed by atoms with E-state index >= 15 is 0 Å². The van der Waals surface area contributed by atoms with Crippen molar-refractivity contribution in [2.75, 3.05) is 0 Å². The lowest BCUT2D eigenvalue weighted by Crippen LogP contribution is -2.30. The smallest absolute Gasteiger partial charge is 0.225 e. The summed E-state index contributed by atoms with van der Waals surface area (Å²) in [4.78, 5) is 0. The largest absolute Gasteiger partial charge is 0.295 e. The van der Waals surface area contributed by atoms with Gasteiger partial charge in [-0.15, -0.1) is 11.3 Å². The SMILES string of the molecule is Cc1cc2sc3cc(-c4ccc(F)cc4)ccc3c2cc1-c1n(-c2c(-c3ccccc3)cc(-c3ccccc3)cc2-c2ccccc2)c2ccccc2[n+]1C. The van der Waals surface area contributed by atoms with Crippen molar-refractivity contribution >= 4 is 42.5 Å². The van der Waals surface area contributed by atoms with E-state index in [1.807, 2.05) is 23.5 Å². The van der Waals surface area contributed by atoms with Crippen molar-refractivity contribution in [2.45, 2.75) is 6.92 Å². The van der Waals surface area contributed by atoms with Gasteiger partial charge in [-0.3, -0.25) is 0 Å². The standard InChI is InChI=1S/C51H36FN2S/c1-33-28-48-45(41-27-24-38(31-49(41)55-48)35-22-25-40(52)26-23-35)32-42(33)51-53(2)46-20-12-13-21-47(46)54(51)50-43(36-16-8-4-9-17-36)29-39(34-14-6-3-7-15-34)30-44(50)37-18-10-5-11-19-37/h3-32H,1-2H3/q+1. The van der Waals surface area contributed by atoms with Crippen LogP contribution in [0.4, 0.5) is 4.39 Å². The normalized spacial score (nSPS) is 11.5. The van der Waals surface area contributed by atoms with Gasteiger partial charge in [0.05, 0.1) is 12.6 Å². The summed E-state index contributed by atoms with van der Waals surface area (Å²) >= 11 is 1.81. The van der Waals surface area contributed by atoms with Gasteiger partial charge in [-0.1, -0.05) is 127 Å². The zero-order valence-corrected chi connectivity index (χ0v) is 31.3. The van der Waals surface area contributed by atoms with Crippen LogP contribution in [0.25, 0.3) is 92.8 Å². The number of fused-ring (bicyclic) bond motifs is 4. The van der Waals surface area contributed by atoms with Crippen molar-refractivity contribution in [3.63, 3.8) is 0 Å². The van der Waals surface area contributed by atoms with Gasteiger partial charge in [0.15, 0.2) is 11.0 Å². The Morgan fingerprint density at radius 2 is 1.02 bits per heavy atom. The number of hydrogen-bond donors (Lipinski definition) is 0. The molecule has 10 rings (SSSR count). The lowest BCUT2D eigenvalue weighted by Gasteiger charge is -2.18. The molecule has 0 aliphatic carbocycles. The number of aromatic nitrogens is 2. The minimum absolute atomic E-state index is 0.223. The summed E-state index contributed by atoms with van der Waals surface area (Å²) in [5.74, 6) is 0.892. The molecule has 8 aromatic carbocycles. The van der Waals surface area contributed by atoms with Gasteiger partial charge in [-0.25, -0.2) is 8.96 Å². The van der Waals surface area contributed by atoms with Gasteiger partial charge in [0.25, 0.3) is 5.82 Å². The van der Waals surface area contributed by atoms with Crippen molar-refractivity contribution in [3.8, 4) is 61.6 Å². The first-order valence-corrected chi connectivity index (χ1v) is 19.4. The van der Waals surface area contributed by atoms with Crippen molar-refractivity contribution in [1.82, 2.24) is 4.57 Å². The van der Waals surface area contributed by atoms with Crippen molar-refractivity contribution in [2.24, 2.45) is 7.05 Å². The quantitative estimate of drug-likeness (QED) is 0.151. The monoisotopic (exact) mass is 727 g/mol. The number of aryl methyl sites for hydroxylation is 2. The van der Waals surface area contributed by atoms with Crippen molar-refractivity contribution < 1.29 is 8.96 Å². The molecule has 2 aromatic heterocycles. The molecular weight excluding hydrogens is 692 g/mol. The summed E-state index contributed by atoms with van der Waals surface area (Å²) < 4.78 is 21.1. The zero-order chi connectivity index (χ0) is 37.0. The Bertz CT molecular complexity index is 2970. The van der Waals surface area contributed by atoms with Crippen LogP contribution in [0.3, 0.4) is 0 Å². The minimum Gasteiger partial charge on any atom is -0.225 e. The van der Waals surface area contributed by atoms with Gasteiger partial charge < -0.3 is 0 Å². The van der Waals surface area contributed by atoms with E-state index in [1.54, 1.807) is 0 Å². The number of rotatable bonds is 6. The Morgan fingerprint density at radius 3 is 1.67 bits per heavy atom. The Hall–Kier alpha value is -6.62. The van der Waals surface area contributed by atoms with E-state index in [0.29, 0.717) is 0 Å². The molecule has 0 atom stereocenters. The first-order chi connectivity index (χ1) is 27.0. The maximum atomic E-state index is 13.7. The highest BCUT2D eigenvalue weighted by atomic mass is 32.1. The van der Waals surface area contributed by atoms with Gasteiger partial charge in [-0.05, 0) is 100 Å². The first kappa shape index (κ1) is 33.0. The zero-order valence-electron chi connectivity index (χ0n) is 30.5. The molecule has 2 nitrogen and oxygen atoms in total. The molecule has 0 radical (unpaired) electrons. The van der Waals surface area contributed by atoms with Crippen LogP contribution in [-0.2, 0) is 7.05 Å². The molecule has 10 aromatic rings. The van der Waals surface area contributed by atoms with Crippen LogP contribution in [0.1, 0.15) is 5.56 Å². The summed E-state index contributed by atoms with van der Waals surface area (Å²) in [7, 11) is 2.20. The molecule has 0 saturated heterocycles. The third-order valence-corrected chi connectivity index (χ3v) is 12.0. The second kappa shape index (κ2) is 13.3. The molecule has 4 heteroatoms. The first-order valence-electron chi connectivity index (χ1n) is 18.6. The van der Waals surface area contributed by atoms with Gasteiger partial charge in [0, 0.05) is 31.3 Å². The van der Waals surface area contributed by atoms with Crippen LogP contribution in [0.2, 0.25) is 0 Å². The number of halogens is 1. The van der Waals surface area contributed by atoms with E-state index in [0.717, 1.165) is 55.9 Å². The van der Waals surface area contributed by atoms with Gasteiger partial charge >= 0.3 is 0 Å². The van der Waals surface area contributed by atoms with E-state index in [2.05, 4.69) is 181 Å². The predicted octanol–water partition coefficient (Wildman–Crippen LogP) is 13.6. The third-order valence-electron chi connectivity index (χ3n) is 10.9. The molecule has 2 heterocycles.